The van der Waals surface area contributed by atoms with Crippen molar-refractivity contribution in [2.24, 2.45) is 0 Å². The van der Waals surface area contributed by atoms with Crippen molar-refractivity contribution < 1.29 is 29.3 Å². The number of imide groups is 1. The van der Waals surface area contributed by atoms with Crippen LogP contribution < -0.4 is 10.6 Å². The van der Waals surface area contributed by atoms with Crippen LogP contribution in [0, 0.1) is 0 Å². The fourth-order valence-electron chi connectivity index (χ4n) is 5.48. The van der Waals surface area contributed by atoms with Crippen molar-refractivity contribution in [2.45, 2.75) is 36.1 Å². The first-order valence-corrected chi connectivity index (χ1v) is 12.8. The Balaban J connectivity index is 1.32. The molecule has 2 aromatic rings. The molecule has 196 valence electrons. The van der Waals surface area contributed by atoms with Crippen LogP contribution in [0.3, 0.4) is 0 Å². The molecule has 13 heteroatoms. The van der Waals surface area contributed by atoms with Gasteiger partial charge in [0.05, 0.1) is 18.7 Å². The zero-order valence-corrected chi connectivity index (χ0v) is 21.9. The predicted molar refractivity (Wildman–Crippen MR) is 148 cm³/mol. The first kappa shape index (κ1) is 26.5. The maximum Gasteiger partial charge on any atom is 0.254 e. The second kappa shape index (κ2) is 9.57. The predicted octanol–water partition coefficient (Wildman–Crippen LogP) is -3.28. The molecule has 3 heterocycles. The van der Waals surface area contributed by atoms with Crippen LogP contribution in [0.4, 0.5) is 5.69 Å². The number of amides is 3. The van der Waals surface area contributed by atoms with Gasteiger partial charge in [-0.05, 0) is 23.3 Å². The number of nitrogens with zero attached hydrogens (tertiary/aromatic N) is 2. The Bertz CT molecular complexity index is 1280. The van der Waals surface area contributed by atoms with Crippen molar-refractivity contribution in [1.82, 2.24) is 15.1 Å². The minimum atomic E-state index is -2.29. The van der Waals surface area contributed by atoms with E-state index in [-0.39, 0.29) is 6.54 Å². The van der Waals surface area contributed by atoms with Gasteiger partial charge in [-0.1, -0.05) is 30.3 Å². The molecule has 3 aliphatic rings. The molecule has 0 bridgehead atoms. The summed E-state index contributed by atoms with van der Waals surface area (Å²) in [5.41, 5.74) is -2.30. The smallest absolute Gasteiger partial charge is 0.254 e. The van der Waals surface area contributed by atoms with Crippen LogP contribution in [0.5, 0.6) is 0 Å². The molecule has 0 aliphatic carbocycles. The van der Waals surface area contributed by atoms with Gasteiger partial charge in [-0.15, -0.1) is 0 Å². The van der Waals surface area contributed by atoms with Gasteiger partial charge < -0.3 is 25.2 Å². The normalized spacial score (nSPS) is 29.7. The Hall–Kier alpha value is -3.12. The van der Waals surface area contributed by atoms with Crippen molar-refractivity contribution >= 4 is 46.9 Å². The van der Waals surface area contributed by atoms with Gasteiger partial charge >= 0.3 is 0 Å². The molecule has 0 aromatic heterocycles. The summed E-state index contributed by atoms with van der Waals surface area (Å²) in [7, 11) is 3.72. The van der Waals surface area contributed by atoms with Gasteiger partial charge in [-0.25, -0.2) is 0 Å². The second-order valence-electron chi connectivity index (χ2n) is 10.8. The van der Waals surface area contributed by atoms with E-state index in [1.54, 1.807) is 12.1 Å². The van der Waals surface area contributed by atoms with Crippen LogP contribution in [-0.4, -0.2) is 104 Å². The lowest BCUT2D eigenvalue weighted by atomic mass is 9.43. The number of nitrogens with one attached hydrogen (secondary N) is 2. The summed E-state index contributed by atoms with van der Waals surface area (Å²) in [6, 6.07) is 13.7. The third-order valence-corrected chi connectivity index (χ3v) is 8.53. The van der Waals surface area contributed by atoms with Crippen molar-refractivity contribution in [2.75, 3.05) is 31.6 Å². The van der Waals surface area contributed by atoms with Crippen LogP contribution >= 0.6 is 0 Å². The molecule has 3 amide bonds. The lowest BCUT2D eigenvalue weighted by molar-refractivity contribution is -0.172. The number of carbonyl (C=O) groups excluding carboxylic acids is 3. The first-order chi connectivity index (χ1) is 18.0. The molecule has 3 aliphatic heterocycles. The number of piperidine rings is 1. The summed E-state index contributed by atoms with van der Waals surface area (Å²) in [4.78, 5) is 42.4. The Morgan fingerprint density at radius 3 is 2.29 bits per heavy atom. The number of aliphatic hydroxyl groups is 2. The Morgan fingerprint density at radius 1 is 0.947 bits per heavy atom. The van der Waals surface area contributed by atoms with Crippen LogP contribution in [0.25, 0.3) is 0 Å². The van der Waals surface area contributed by atoms with E-state index in [9.17, 15) is 24.6 Å². The maximum atomic E-state index is 13.5. The van der Waals surface area contributed by atoms with Crippen LogP contribution in [0.2, 0.25) is 0 Å². The van der Waals surface area contributed by atoms with E-state index in [1.165, 1.54) is 26.2 Å². The third-order valence-electron chi connectivity index (χ3n) is 8.53. The van der Waals surface area contributed by atoms with Gasteiger partial charge in [0.15, 0.2) is 7.85 Å². The maximum absolute atomic E-state index is 13.5. The molecule has 3 atom stereocenters. The molecule has 5 rings (SSSR count). The number of rotatable bonds is 6. The first-order valence-electron chi connectivity index (χ1n) is 12.8. The van der Waals surface area contributed by atoms with Gasteiger partial charge in [0.2, 0.25) is 5.91 Å². The zero-order chi connectivity index (χ0) is 27.3. The number of carbonyl (C=O) groups is 3. The zero-order valence-electron chi connectivity index (χ0n) is 21.9. The van der Waals surface area contributed by atoms with E-state index in [0.29, 0.717) is 17.7 Å². The van der Waals surface area contributed by atoms with E-state index in [4.69, 9.17) is 4.74 Å². The molecule has 4 N–H and O–H groups in total. The molecule has 10 nitrogen and oxygen atoms in total. The highest BCUT2D eigenvalue weighted by molar-refractivity contribution is 6.46. The standard InChI is InChI=1S/C25H31B3N4O6/c26-23(21(34)30-22(35)24(27,36)25(23,28)37)32-14-18-17(20(32)33)2-1-3-19(18)29-12-15-4-6-16(7-5-15)13-31-8-10-38-11-9-31/h1-7,29,36-37H,8-14,26-28H2,(H,30,34,35). The fraction of sp³-hybridized carbons (Fsp3) is 0.400. The van der Waals surface area contributed by atoms with Crippen LogP contribution in [0.1, 0.15) is 27.0 Å². The lowest BCUT2D eigenvalue weighted by Crippen LogP contribution is -2.86. The molecule has 0 saturated carbocycles. The lowest BCUT2D eigenvalue weighted by Gasteiger charge is -2.56. The highest BCUT2D eigenvalue weighted by Crippen LogP contribution is 2.41. The topological polar surface area (TPSA) is 131 Å². The Labute approximate surface area is 223 Å². The summed E-state index contributed by atoms with van der Waals surface area (Å²) in [5.74, 6) is -2.31. The summed E-state index contributed by atoms with van der Waals surface area (Å²) >= 11 is 0. The third kappa shape index (κ3) is 4.14. The molecule has 2 saturated heterocycles. The highest BCUT2D eigenvalue weighted by atomic mass is 16.5. The summed E-state index contributed by atoms with van der Waals surface area (Å²) in [6.07, 6.45) is 0. The number of benzene rings is 2. The van der Waals surface area contributed by atoms with E-state index in [0.717, 1.165) is 51.9 Å². The average Bonchev–Trinajstić information content (AvgIpc) is 3.24. The summed E-state index contributed by atoms with van der Waals surface area (Å²) in [6.45, 7) is 4.84. The number of hydrogen-bond donors (Lipinski definition) is 4. The number of hydrogen-bond acceptors (Lipinski definition) is 8. The molecule has 0 spiro atoms. The van der Waals surface area contributed by atoms with Gasteiger partial charge in [0, 0.05) is 49.5 Å². The van der Waals surface area contributed by atoms with Crippen molar-refractivity contribution in [3.8, 4) is 0 Å². The number of morpholine rings is 1. The summed E-state index contributed by atoms with van der Waals surface area (Å²) in [5, 5.41) is 27.6. The van der Waals surface area contributed by atoms with E-state index in [2.05, 4.69) is 39.8 Å². The van der Waals surface area contributed by atoms with Crippen molar-refractivity contribution in [1.29, 1.82) is 0 Å². The fourth-order valence-corrected chi connectivity index (χ4v) is 5.48. The quantitative estimate of drug-likeness (QED) is 0.233. The molecule has 2 fully saturated rings. The average molecular weight is 516 g/mol. The summed E-state index contributed by atoms with van der Waals surface area (Å²) < 4.78 is 5.41. The molecule has 38 heavy (non-hydrogen) atoms. The monoisotopic (exact) mass is 516 g/mol. The number of anilines is 1. The second-order valence-corrected chi connectivity index (χ2v) is 10.8. The van der Waals surface area contributed by atoms with Gasteiger partial charge in [-0.2, -0.15) is 0 Å². The molecule has 0 radical (unpaired) electrons. The SMILES string of the molecule is BC1(O)C(=O)NC(=O)C(B)(N2Cc3c(NCc4ccc(CN5CCOCC5)cc4)cccc3C2=O)C1(B)O. The number of fused-ring (bicyclic) bond motifs is 1. The largest absolute Gasteiger partial charge is 0.394 e. The van der Waals surface area contributed by atoms with Crippen molar-refractivity contribution in [3.63, 3.8) is 0 Å². The minimum absolute atomic E-state index is 0.0279. The van der Waals surface area contributed by atoms with Gasteiger partial charge in [0.25, 0.3) is 11.8 Å². The minimum Gasteiger partial charge on any atom is -0.394 e. The Kier molecular flexibility index (Phi) is 6.67. The highest BCUT2D eigenvalue weighted by Gasteiger charge is 2.68. The Morgan fingerprint density at radius 2 is 1.61 bits per heavy atom. The van der Waals surface area contributed by atoms with E-state index < -0.39 is 34.2 Å². The van der Waals surface area contributed by atoms with E-state index in [1.807, 2.05) is 6.07 Å². The number of ether oxygens (including phenoxy) is 1. The van der Waals surface area contributed by atoms with Crippen LogP contribution in [0.15, 0.2) is 42.5 Å². The van der Waals surface area contributed by atoms with Crippen molar-refractivity contribution in [3.05, 3.63) is 64.7 Å². The molecule has 2 aromatic carbocycles. The van der Waals surface area contributed by atoms with Gasteiger partial charge in [-0.3, -0.25) is 24.6 Å². The van der Waals surface area contributed by atoms with Crippen LogP contribution in [-0.2, 0) is 34.0 Å². The van der Waals surface area contributed by atoms with Gasteiger partial charge in [0.1, 0.15) is 26.6 Å². The molecular formula is C25H31B3N4O6. The molecule has 3 unspecified atom stereocenters. The molecular weight excluding hydrogens is 485 g/mol. The van der Waals surface area contributed by atoms with E-state index >= 15 is 0 Å².